The van der Waals surface area contributed by atoms with Crippen LogP contribution >= 0.6 is 11.8 Å². The molecule has 1 aliphatic heterocycles. The molecule has 0 bridgehead atoms. The smallest absolute Gasteiger partial charge is 0.406 e. The number of hydrogen-bond acceptors (Lipinski definition) is 3. The Labute approximate surface area is 269 Å². The van der Waals surface area contributed by atoms with Crippen LogP contribution in [0.2, 0.25) is 0 Å². The van der Waals surface area contributed by atoms with Gasteiger partial charge in [-0.25, -0.2) is 13.6 Å². The van der Waals surface area contributed by atoms with Gasteiger partial charge in [-0.2, -0.15) is 4.99 Å². The van der Waals surface area contributed by atoms with E-state index in [1.807, 2.05) is 43.9 Å². The number of anilines is 1. The molecule has 46 heavy (non-hydrogen) atoms. The number of benzene rings is 3. The molecular formula is C35H34F5N3O2S. The van der Waals surface area contributed by atoms with E-state index in [0.717, 1.165) is 51.3 Å². The summed E-state index contributed by atoms with van der Waals surface area (Å²) in [6, 6.07) is 15.1. The molecule has 3 aromatic rings. The predicted molar refractivity (Wildman–Crippen MR) is 174 cm³/mol. The molecule has 2 aliphatic rings. The third-order valence-electron chi connectivity index (χ3n) is 7.91. The minimum atomic E-state index is -4.76. The lowest BCUT2D eigenvalue weighted by molar-refractivity contribution is -0.274. The summed E-state index contributed by atoms with van der Waals surface area (Å²) in [5, 5.41) is 2.50. The lowest BCUT2D eigenvalue weighted by Gasteiger charge is -2.37. The molecule has 3 aromatic carbocycles. The van der Waals surface area contributed by atoms with E-state index < -0.39 is 24.9 Å². The number of carbonyl (C=O) groups excluding carboxylic acids is 1. The molecule has 5 nitrogen and oxygen atoms in total. The summed E-state index contributed by atoms with van der Waals surface area (Å²) in [5.74, 6) is 0.279. The highest BCUT2D eigenvalue weighted by atomic mass is 32.2. The van der Waals surface area contributed by atoms with Crippen molar-refractivity contribution in [2.75, 3.05) is 10.7 Å². The summed E-state index contributed by atoms with van der Waals surface area (Å²) in [6.07, 6.45) is -2.64. The van der Waals surface area contributed by atoms with Crippen molar-refractivity contribution < 1.29 is 31.5 Å². The van der Waals surface area contributed by atoms with Gasteiger partial charge >= 0.3 is 12.4 Å². The second-order valence-electron chi connectivity index (χ2n) is 11.5. The highest BCUT2D eigenvalue weighted by Gasteiger charge is 2.32. The molecule has 1 fully saturated rings. The molecule has 0 radical (unpaired) electrons. The number of aryl methyl sites for hydroxylation is 3. The number of alkyl halides is 5. The van der Waals surface area contributed by atoms with Gasteiger partial charge in [-0.05, 0) is 79.6 Å². The van der Waals surface area contributed by atoms with E-state index in [2.05, 4.69) is 34.1 Å². The Hall–Kier alpha value is -4.12. The highest BCUT2D eigenvalue weighted by molar-refractivity contribution is 8.14. The third-order valence-corrected chi connectivity index (χ3v) is 8.89. The molecule has 0 aromatic heterocycles. The molecular weight excluding hydrogens is 621 g/mol. The van der Waals surface area contributed by atoms with E-state index in [1.54, 1.807) is 24.3 Å². The number of amidine groups is 1. The van der Waals surface area contributed by atoms with Crippen LogP contribution in [0, 0.1) is 20.8 Å². The van der Waals surface area contributed by atoms with Crippen LogP contribution in [0.1, 0.15) is 58.8 Å². The Balaban J connectivity index is 1.23. The largest absolute Gasteiger partial charge is 0.573 e. The minimum absolute atomic E-state index is 0.0526. The summed E-state index contributed by atoms with van der Waals surface area (Å²) < 4.78 is 71.5. The van der Waals surface area contributed by atoms with Gasteiger partial charge in [0.1, 0.15) is 5.75 Å². The topological polar surface area (TPSA) is 53.9 Å². The molecule has 4 atom stereocenters. The van der Waals surface area contributed by atoms with Crippen LogP contribution in [0.3, 0.4) is 0 Å². The molecule has 242 valence electrons. The summed E-state index contributed by atoms with van der Waals surface area (Å²) >= 11 is 1.41. The van der Waals surface area contributed by atoms with Gasteiger partial charge in [-0.3, -0.25) is 0 Å². The number of thioether (sulfide) groups is 1. The first-order valence-electron chi connectivity index (χ1n) is 14.8. The standard InChI is InChI=1S/C35H34F5N3O2S/c1-20-17-21(2)31(22(3)18-20)43-23(4)15-16-46-34(43)42-33(44)41-32(37)30(36)26-7-5-24(6-8-26)27-9-10-28(19-27)25-11-13-29(14-12-25)45-35(38,39)40/h5-14,17-19,23,28,30,32H,15-16H2,1-4H3,(H,41,44)/b42-34-. The van der Waals surface area contributed by atoms with Crippen LogP contribution in [0.5, 0.6) is 5.75 Å². The van der Waals surface area contributed by atoms with Gasteiger partial charge in [0.2, 0.25) is 6.30 Å². The van der Waals surface area contributed by atoms with Crippen molar-refractivity contribution in [1.29, 1.82) is 0 Å². The zero-order valence-corrected chi connectivity index (χ0v) is 26.6. The predicted octanol–water partition coefficient (Wildman–Crippen LogP) is 9.65. The average Bonchev–Trinajstić information content (AvgIpc) is 3.48. The molecule has 1 aliphatic carbocycles. The first-order valence-corrected chi connectivity index (χ1v) is 15.8. The number of ether oxygens (including phenoxy) is 1. The van der Waals surface area contributed by atoms with E-state index >= 15 is 8.78 Å². The maximum Gasteiger partial charge on any atom is 0.573 e. The average molecular weight is 656 g/mol. The van der Waals surface area contributed by atoms with Crippen LogP contribution in [0.25, 0.3) is 5.57 Å². The minimum Gasteiger partial charge on any atom is -0.406 e. The number of rotatable bonds is 7. The van der Waals surface area contributed by atoms with Gasteiger partial charge in [0.15, 0.2) is 11.3 Å². The fourth-order valence-electron chi connectivity index (χ4n) is 5.80. The zero-order chi connectivity index (χ0) is 33.2. The first kappa shape index (κ1) is 33.2. The molecule has 2 amide bonds. The number of amides is 2. The summed E-state index contributed by atoms with van der Waals surface area (Å²) in [6.45, 7) is 8.09. The number of carbonyl (C=O) groups is 1. The van der Waals surface area contributed by atoms with Crippen molar-refractivity contribution in [1.82, 2.24) is 5.32 Å². The number of aliphatic imine (C=N–C) groups is 1. The Morgan fingerprint density at radius 3 is 2.30 bits per heavy atom. The number of allylic oxidation sites excluding steroid dienone is 4. The van der Waals surface area contributed by atoms with Crippen LogP contribution in [0.4, 0.5) is 32.4 Å². The van der Waals surface area contributed by atoms with Crippen molar-refractivity contribution >= 4 is 34.2 Å². The van der Waals surface area contributed by atoms with Gasteiger partial charge in [0.25, 0.3) is 0 Å². The van der Waals surface area contributed by atoms with Crippen molar-refractivity contribution in [3.05, 3.63) is 112 Å². The fourth-order valence-corrected chi connectivity index (χ4v) is 7.00. The third kappa shape index (κ3) is 7.81. The fraction of sp³-hybridized carbons (Fsp3) is 0.314. The Bertz CT molecular complexity index is 1650. The van der Waals surface area contributed by atoms with Crippen LogP contribution in [-0.2, 0) is 0 Å². The maximum absolute atomic E-state index is 15.2. The Morgan fingerprint density at radius 1 is 1.02 bits per heavy atom. The van der Waals surface area contributed by atoms with Gasteiger partial charge in [-0.1, -0.05) is 84.1 Å². The number of urea groups is 1. The number of nitrogens with zero attached hydrogens (tertiary/aromatic N) is 2. The monoisotopic (exact) mass is 655 g/mol. The molecule has 1 heterocycles. The summed E-state index contributed by atoms with van der Waals surface area (Å²) in [4.78, 5) is 19.0. The van der Waals surface area contributed by atoms with Crippen LogP contribution < -0.4 is 15.0 Å². The molecule has 4 unspecified atom stereocenters. The van der Waals surface area contributed by atoms with Crippen molar-refractivity contribution in [3.8, 4) is 5.75 Å². The highest BCUT2D eigenvalue weighted by Crippen LogP contribution is 2.36. The maximum atomic E-state index is 15.2. The van der Waals surface area contributed by atoms with Crippen LogP contribution in [-0.4, -0.2) is 35.7 Å². The molecule has 1 saturated heterocycles. The Kier molecular flexibility index (Phi) is 9.91. The van der Waals surface area contributed by atoms with Crippen molar-refractivity contribution in [2.24, 2.45) is 4.99 Å². The van der Waals surface area contributed by atoms with Gasteiger partial charge in [0, 0.05) is 23.4 Å². The second-order valence-corrected chi connectivity index (χ2v) is 12.6. The van der Waals surface area contributed by atoms with Gasteiger partial charge in [-0.15, -0.1) is 13.2 Å². The quantitative estimate of drug-likeness (QED) is 0.204. The molecule has 11 heteroatoms. The van der Waals surface area contributed by atoms with E-state index in [9.17, 15) is 18.0 Å². The summed E-state index contributed by atoms with van der Waals surface area (Å²) in [7, 11) is 0. The first-order chi connectivity index (χ1) is 21.8. The van der Waals surface area contributed by atoms with Crippen molar-refractivity contribution in [2.45, 2.75) is 64.9 Å². The lowest BCUT2D eigenvalue weighted by atomic mass is 9.99. The lowest BCUT2D eigenvalue weighted by Crippen LogP contribution is -2.43. The Morgan fingerprint density at radius 2 is 1.67 bits per heavy atom. The van der Waals surface area contributed by atoms with Gasteiger partial charge in [0.05, 0.1) is 0 Å². The van der Waals surface area contributed by atoms with Crippen LogP contribution in [0.15, 0.2) is 83.9 Å². The normalized spacial score (nSPS) is 20.4. The van der Waals surface area contributed by atoms with Gasteiger partial charge < -0.3 is 15.0 Å². The van der Waals surface area contributed by atoms with E-state index in [4.69, 9.17) is 0 Å². The molecule has 0 spiro atoms. The zero-order valence-electron chi connectivity index (χ0n) is 25.7. The molecule has 5 rings (SSSR count). The van der Waals surface area contributed by atoms with Crippen molar-refractivity contribution in [3.63, 3.8) is 0 Å². The van der Waals surface area contributed by atoms with E-state index in [-0.39, 0.29) is 23.3 Å². The summed E-state index contributed by atoms with van der Waals surface area (Å²) in [5.41, 5.74) is 6.58. The van der Waals surface area contributed by atoms with E-state index in [0.29, 0.717) is 5.17 Å². The SMILES string of the molecule is Cc1cc(C)c(N2/C(=N/C(=O)NC(F)C(F)c3ccc(C4=CC(c5ccc(OC(F)(F)F)cc5)C=C4)cc3)SCCC2C)c(C)c1. The van der Waals surface area contributed by atoms with E-state index in [1.165, 1.54) is 36.0 Å². The second kappa shape index (κ2) is 13.7. The molecule has 1 N–H and O–H groups in total. The number of halogens is 5. The number of hydrogen-bond donors (Lipinski definition) is 1. The molecule has 0 saturated carbocycles. The number of nitrogens with one attached hydrogen (secondary N) is 1.